The Labute approximate surface area is 124 Å². The number of fused-ring (bicyclic) bond motifs is 1. The highest BCUT2D eigenvalue weighted by atomic mass is 35.5. The predicted molar refractivity (Wildman–Crippen MR) is 79.0 cm³/mol. The van der Waals surface area contributed by atoms with Gasteiger partial charge in [0, 0.05) is 18.1 Å². The lowest BCUT2D eigenvalue weighted by Gasteiger charge is -2.22. The van der Waals surface area contributed by atoms with E-state index in [0.29, 0.717) is 10.8 Å². The summed E-state index contributed by atoms with van der Waals surface area (Å²) in [4.78, 5) is 14.2. The fourth-order valence-corrected chi connectivity index (χ4v) is 3.50. The Kier molecular flexibility index (Phi) is 4.16. The maximum atomic E-state index is 12.2. The van der Waals surface area contributed by atoms with Crippen LogP contribution in [-0.4, -0.2) is 30.5 Å². The van der Waals surface area contributed by atoms with Gasteiger partial charge in [-0.25, -0.2) is 0 Å². The Hall–Kier alpha value is -1.22. The van der Waals surface area contributed by atoms with E-state index in [1.54, 1.807) is 24.3 Å². The molecule has 1 amide bonds. The van der Waals surface area contributed by atoms with Crippen molar-refractivity contribution in [3.05, 3.63) is 29.3 Å². The van der Waals surface area contributed by atoms with E-state index in [2.05, 4.69) is 0 Å². The molecule has 2 atom stereocenters. The lowest BCUT2D eigenvalue weighted by Crippen LogP contribution is -2.33. The van der Waals surface area contributed by atoms with E-state index in [1.165, 1.54) is 25.7 Å². The molecule has 1 aliphatic carbocycles. The Bertz CT molecular complexity index is 460. The number of nitrogens with zero attached hydrogens (tertiary/aromatic N) is 1. The minimum Gasteiger partial charge on any atom is -0.484 e. The van der Waals surface area contributed by atoms with Gasteiger partial charge in [-0.2, -0.15) is 0 Å². The van der Waals surface area contributed by atoms with Gasteiger partial charge >= 0.3 is 0 Å². The van der Waals surface area contributed by atoms with Gasteiger partial charge in [0.1, 0.15) is 5.75 Å². The fourth-order valence-electron chi connectivity index (χ4n) is 3.38. The van der Waals surface area contributed by atoms with E-state index in [1.807, 2.05) is 4.90 Å². The summed E-state index contributed by atoms with van der Waals surface area (Å²) in [6.07, 6.45) is 5.22. The summed E-state index contributed by atoms with van der Waals surface area (Å²) in [6, 6.07) is 7.12. The average Bonchev–Trinajstić information content (AvgIpc) is 2.90. The van der Waals surface area contributed by atoms with Crippen LogP contribution in [0.4, 0.5) is 0 Å². The van der Waals surface area contributed by atoms with E-state index in [-0.39, 0.29) is 12.5 Å². The van der Waals surface area contributed by atoms with Crippen LogP contribution in [0.25, 0.3) is 0 Å². The zero-order chi connectivity index (χ0) is 13.9. The van der Waals surface area contributed by atoms with Gasteiger partial charge in [0.2, 0.25) is 0 Å². The summed E-state index contributed by atoms with van der Waals surface area (Å²) in [6.45, 7) is 1.97. The number of hydrogen-bond donors (Lipinski definition) is 0. The smallest absolute Gasteiger partial charge is 0.260 e. The standard InChI is InChI=1S/C16H20ClNO2/c17-14-5-7-15(8-6-14)20-11-16(19)18-9-12-3-1-2-4-13(12)10-18/h5-8,12-13H,1-4,9-11H2/t12-,13+. The van der Waals surface area contributed by atoms with Crippen LogP contribution in [0.1, 0.15) is 25.7 Å². The largest absolute Gasteiger partial charge is 0.484 e. The topological polar surface area (TPSA) is 29.5 Å². The van der Waals surface area contributed by atoms with Crippen LogP contribution in [0.3, 0.4) is 0 Å². The highest BCUT2D eigenvalue weighted by Gasteiger charge is 2.36. The molecule has 108 valence electrons. The first-order valence-electron chi connectivity index (χ1n) is 7.38. The molecular formula is C16H20ClNO2. The molecule has 3 rings (SSSR count). The third-order valence-electron chi connectivity index (χ3n) is 4.50. The van der Waals surface area contributed by atoms with E-state index in [9.17, 15) is 4.79 Å². The summed E-state index contributed by atoms with van der Waals surface area (Å²) >= 11 is 5.82. The molecule has 0 bridgehead atoms. The molecule has 0 N–H and O–H groups in total. The molecule has 0 spiro atoms. The van der Waals surface area contributed by atoms with Crippen molar-refractivity contribution in [1.29, 1.82) is 0 Å². The third kappa shape index (κ3) is 3.09. The van der Waals surface area contributed by atoms with Crippen molar-refractivity contribution < 1.29 is 9.53 Å². The van der Waals surface area contributed by atoms with Crippen molar-refractivity contribution in [3.63, 3.8) is 0 Å². The Morgan fingerprint density at radius 1 is 1.15 bits per heavy atom. The molecule has 1 aromatic rings. The van der Waals surface area contributed by atoms with Crippen LogP contribution in [0, 0.1) is 11.8 Å². The minimum atomic E-state index is 0.106. The van der Waals surface area contributed by atoms with E-state index in [4.69, 9.17) is 16.3 Å². The lowest BCUT2D eigenvalue weighted by atomic mass is 9.82. The van der Waals surface area contributed by atoms with Gasteiger partial charge in [0.15, 0.2) is 6.61 Å². The van der Waals surface area contributed by atoms with Crippen LogP contribution < -0.4 is 4.74 Å². The van der Waals surface area contributed by atoms with Gasteiger partial charge < -0.3 is 9.64 Å². The molecule has 0 aromatic heterocycles. The van der Waals surface area contributed by atoms with Crippen LogP contribution >= 0.6 is 11.6 Å². The fraction of sp³-hybridized carbons (Fsp3) is 0.562. The maximum absolute atomic E-state index is 12.2. The Morgan fingerprint density at radius 3 is 2.35 bits per heavy atom. The van der Waals surface area contributed by atoms with Crippen molar-refractivity contribution in [2.24, 2.45) is 11.8 Å². The highest BCUT2D eigenvalue weighted by Crippen LogP contribution is 2.35. The Morgan fingerprint density at radius 2 is 1.75 bits per heavy atom. The molecule has 0 radical (unpaired) electrons. The normalized spacial score (nSPS) is 25.4. The quantitative estimate of drug-likeness (QED) is 0.855. The lowest BCUT2D eigenvalue weighted by molar-refractivity contribution is -0.132. The van der Waals surface area contributed by atoms with Crippen LogP contribution in [0.2, 0.25) is 5.02 Å². The number of carbonyl (C=O) groups excluding carboxylic acids is 1. The van der Waals surface area contributed by atoms with Gasteiger partial charge in [0.25, 0.3) is 5.91 Å². The number of likely N-dealkylation sites (tertiary alicyclic amines) is 1. The number of carbonyl (C=O) groups is 1. The van der Waals surface area contributed by atoms with Gasteiger partial charge in [-0.3, -0.25) is 4.79 Å². The first kappa shape index (κ1) is 13.7. The molecule has 2 aliphatic rings. The van der Waals surface area contributed by atoms with Crippen molar-refractivity contribution in [1.82, 2.24) is 4.90 Å². The number of benzene rings is 1. The zero-order valence-corrected chi connectivity index (χ0v) is 12.3. The van der Waals surface area contributed by atoms with Crippen molar-refractivity contribution >= 4 is 17.5 Å². The minimum absolute atomic E-state index is 0.106. The summed E-state index contributed by atoms with van der Waals surface area (Å²) in [5.41, 5.74) is 0. The monoisotopic (exact) mass is 293 g/mol. The number of amides is 1. The van der Waals surface area contributed by atoms with Gasteiger partial charge in [-0.1, -0.05) is 24.4 Å². The van der Waals surface area contributed by atoms with Crippen molar-refractivity contribution in [2.75, 3.05) is 19.7 Å². The zero-order valence-electron chi connectivity index (χ0n) is 11.6. The average molecular weight is 294 g/mol. The molecule has 1 aromatic carbocycles. The first-order valence-corrected chi connectivity index (χ1v) is 7.76. The molecule has 0 unspecified atom stereocenters. The summed E-state index contributed by atoms with van der Waals surface area (Å²) in [7, 11) is 0. The predicted octanol–water partition coefficient (Wildman–Crippen LogP) is 3.37. The second-order valence-corrected chi connectivity index (χ2v) is 6.28. The molecule has 1 aliphatic heterocycles. The molecule has 3 nitrogen and oxygen atoms in total. The molecule has 1 heterocycles. The van der Waals surface area contributed by atoms with E-state index < -0.39 is 0 Å². The van der Waals surface area contributed by atoms with E-state index in [0.717, 1.165) is 24.9 Å². The van der Waals surface area contributed by atoms with Crippen molar-refractivity contribution in [2.45, 2.75) is 25.7 Å². The second-order valence-electron chi connectivity index (χ2n) is 5.85. The van der Waals surface area contributed by atoms with Crippen LogP contribution in [-0.2, 0) is 4.79 Å². The number of rotatable bonds is 3. The SMILES string of the molecule is O=C(COc1ccc(Cl)cc1)N1C[C@H]2CCCC[C@H]2C1. The van der Waals surface area contributed by atoms with Crippen molar-refractivity contribution in [3.8, 4) is 5.75 Å². The van der Waals surface area contributed by atoms with E-state index >= 15 is 0 Å². The summed E-state index contributed by atoms with van der Waals surface area (Å²) < 4.78 is 5.54. The number of halogens is 1. The van der Waals surface area contributed by atoms with Gasteiger partial charge in [0.05, 0.1) is 0 Å². The van der Waals surface area contributed by atoms with Crippen LogP contribution in [0.15, 0.2) is 24.3 Å². The maximum Gasteiger partial charge on any atom is 0.260 e. The molecule has 1 saturated heterocycles. The molecule has 1 saturated carbocycles. The van der Waals surface area contributed by atoms with Gasteiger partial charge in [-0.05, 0) is 48.9 Å². The summed E-state index contributed by atoms with van der Waals surface area (Å²) in [5, 5.41) is 0.673. The van der Waals surface area contributed by atoms with Crippen LogP contribution in [0.5, 0.6) is 5.75 Å². The number of hydrogen-bond acceptors (Lipinski definition) is 2. The second kappa shape index (κ2) is 6.04. The highest BCUT2D eigenvalue weighted by molar-refractivity contribution is 6.30. The molecular weight excluding hydrogens is 274 g/mol. The van der Waals surface area contributed by atoms with Gasteiger partial charge in [-0.15, -0.1) is 0 Å². The summed E-state index contributed by atoms with van der Waals surface area (Å²) in [5.74, 6) is 2.25. The molecule has 4 heteroatoms. The number of ether oxygens (including phenoxy) is 1. The third-order valence-corrected chi connectivity index (χ3v) is 4.76. The molecule has 2 fully saturated rings. The molecule has 20 heavy (non-hydrogen) atoms. The Balaban J connectivity index is 1.51. The first-order chi connectivity index (χ1) is 9.72.